The van der Waals surface area contributed by atoms with Gasteiger partial charge in [0.25, 0.3) is 0 Å². The predicted molar refractivity (Wildman–Crippen MR) is 99.1 cm³/mol. The first kappa shape index (κ1) is 20.3. The molecule has 5 nitrogen and oxygen atoms in total. The number of carbonyl (C=O) groups is 1. The van der Waals surface area contributed by atoms with Crippen LogP contribution in [0.1, 0.15) is 16.7 Å². The number of likely N-dealkylation sites (N-methyl/N-ethyl adjacent to an activating group) is 1. The molecule has 0 radical (unpaired) electrons. The Morgan fingerprint density at radius 3 is 2.66 bits per heavy atom. The van der Waals surface area contributed by atoms with Gasteiger partial charge in [-0.2, -0.15) is 5.26 Å². The molecule has 8 heteroatoms. The highest BCUT2D eigenvalue weighted by atomic mass is 19.4. The van der Waals surface area contributed by atoms with Gasteiger partial charge in [-0.05, 0) is 35.4 Å². The van der Waals surface area contributed by atoms with Crippen LogP contribution in [0.4, 0.5) is 13.2 Å². The summed E-state index contributed by atoms with van der Waals surface area (Å²) < 4.78 is 46.8. The number of nitriles is 1. The highest BCUT2D eigenvalue weighted by Crippen LogP contribution is 2.41. The van der Waals surface area contributed by atoms with Gasteiger partial charge < -0.3 is 14.4 Å². The van der Waals surface area contributed by atoms with Crippen LogP contribution in [-0.2, 0) is 17.8 Å². The van der Waals surface area contributed by atoms with Crippen LogP contribution in [0.2, 0.25) is 0 Å². The first-order chi connectivity index (χ1) is 13.7. The van der Waals surface area contributed by atoms with Crippen molar-refractivity contribution >= 4 is 5.91 Å². The largest absolute Gasteiger partial charge is 0.573 e. The molecule has 0 N–H and O–H groups in total. The summed E-state index contributed by atoms with van der Waals surface area (Å²) in [5.74, 6) is -0.0858. The quantitative estimate of drug-likeness (QED) is 0.703. The molecule has 1 heterocycles. The topological polar surface area (TPSA) is 62.6 Å². The average molecular weight is 402 g/mol. The van der Waals surface area contributed by atoms with E-state index >= 15 is 0 Å². The highest BCUT2D eigenvalue weighted by Gasteiger charge is 2.31. The van der Waals surface area contributed by atoms with Gasteiger partial charge in [-0.25, -0.2) is 0 Å². The molecule has 1 aliphatic heterocycles. The molecule has 2 aromatic rings. The second-order valence-corrected chi connectivity index (χ2v) is 6.45. The molecule has 3 rings (SSSR count). The van der Waals surface area contributed by atoms with Gasteiger partial charge in [-0.15, -0.1) is 13.2 Å². The fourth-order valence-electron chi connectivity index (χ4n) is 3.24. The molecule has 0 bridgehead atoms. The van der Waals surface area contributed by atoms with E-state index in [1.807, 2.05) is 0 Å². The van der Waals surface area contributed by atoms with E-state index in [9.17, 15) is 23.2 Å². The van der Waals surface area contributed by atoms with Crippen molar-refractivity contribution in [3.05, 3.63) is 59.7 Å². The zero-order valence-electron chi connectivity index (χ0n) is 15.5. The molecule has 150 valence electrons. The lowest BCUT2D eigenvalue weighted by molar-refractivity contribution is -0.274. The Balaban J connectivity index is 2.04. The summed E-state index contributed by atoms with van der Waals surface area (Å²) in [7, 11) is 1.60. The Labute approximate surface area is 165 Å². The number of hydrogen-bond donors (Lipinski definition) is 0. The standard InChI is InChI=1S/C21H17F3N2O3/c1-3-19(27)26(2)12-14-10-17(20-16(8-9-28-20)18(14)11-25)13-4-6-15(7-5-13)29-21(22,23)24/h3-7,10H,1,8-9,12H2,2H3. The number of halogens is 3. The van der Waals surface area contributed by atoms with Crippen LogP contribution < -0.4 is 9.47 Å². The lowest BCUT2D eigenvalue weighted by Crippen LogP contribution is -2.24. The maximum atomic E-state index is 12.4. The summed E-state index contributed by atoms with van der Waals surface area (Å²) in [6.07, 6.45) is -3.05. The Morgan fingerprint density at radius 1 is 1.38 bits per heavy atom. The van der Waals surface area contributed by atoms with Crippen LogP contribution in [0, 0.1) is 11.3 Å². The van der Waals surface area contributed by atoms with Crippen molar-refractivity contribution in [1.82, 2.24) is 4.90 Å². The molecule has 29 heavy (non-hydrogen) atoms. The van der Waals surface area contributed by atoms with E-state index in [1.165, 1.54) is 35.2 Å². The zero-order chi connectivity index (χ0) is 21.2. The van der Waals surface area contributed by atoms with Crippen LogP contribution in [0.15, 0.2) is 43.0 Å². The number of carbonyl (C=O) groups excluding carboxylic acids is 1. The molecule has 0 aliphatic carbocycles. The number of hydrogen-bond acceptors (Lipinski definition) is 4. The van der Waals surface area contributed by atoms with Gasteiger partial charge in [-0.1, -0.05) is 18.7 Å². The Morgan fingerprint density at radius 2 is 2.07 bits per heavy atom. The highest BCUT2D eigenvalue weighted by molar-refractivity contribution is 5.87. The van der Waals surface area contributed by atoms with Gasteiger partial charge in [0.2, 0.25) is 5.91 Å². The van der Waals surface area contributed by atoms with Crippen LogP contribution in [0.3, 0.4) is 0 Å². The minimum Gasteiger partial charge on any atom is -0.492 e. The number of amides is 1. The predicted octanol–water partition coefficient (Wildman–Crippen LogP) is 4.20. The van der Waals surface area contributed by atoms with E-state index in [0.29, 0.717) is 41.0 Å². The van der Waals surface area contributed by atoms with Gasteiger partial charge in [0.1, 0.15) is 11.5 Å². The Bertz CT molecular complexity index is 992. The molecule has 1 amide bonds. The number of alkyl halides is 3. The number of fused-ring (bicyclic) bond motifs is 1. The van der Waals surface area contributed by atoms with E-state index in [0.717, 1.165) is 5.56 Å². The Hall–Kier alpha value is -3.47. The van der Waals surface area contributed by atoms with Crippen molar-refractivity contribution in [1.29, 1.82) is 5.26 Å². The molecule has 0 atom stereocenters. The van der Waals surface area contributed by atoms with Crippen molar-refractivity contribution in [3.63, 3.8) is 0 Å². The maximum Gasteiger partial charge on any atom is 0.573 e. The van der Waals surface area contributed by atoms with Crippen molar-refractivity contribution in [3.8, 4) is 28.7 Å². The summed E-state index contributed by atoms with van der Waals surface area (Å²) in [6.45, 7) is 4.04. The molecule has 0 saturated carbocycles. The van der Waals surface area contributed by atoms with Gasteiger partial charge in [0.05, 0.1) is 18.2 Å². The minimum absolute atomic E-state index is 0.184. The number of benzene rings is 2. The molecule has 2 aromatic carbocycles. The number of ether oxygens (including phenoxy) is 2. The van der Waals surface area contributed by atoms with Crippen molar-refractivity contribution in [2.45, 2.75) is 19.3 Å². The third-order valence-electron chi connectivity index (χ3n) is 4.53. The van der Waals surface area contributed by atoms with E-state index < -0.39 is 6.36 Å². The van der Waals surface area contributed by atoms with E-state index in [2.05, 4.69) is 17.4 Å². The van der Waals surface area contributed by atoms with E-state index in [4.69, 9.17) is 4.74 Å². The molecule has 0 saturated heterocycles. The fourth-order valence-corrected chi connectivity index (χ4v) is 3.24. The van der Waals surface area contributed by atoms with Crippen molar-refractivity contribution in [2.24, 2.45) is 0 Å². The lowest BCUT2D eigenvalue weighted by atomic mass is 9.92. The van der Waals surface area contributed by atoms with Gasteiger partial charge in [0.15, 0.2) is 0 Å². The SMILES string of the molecule is C=CC(=O)N(C)Cc1cc(-c2ccc(OC(F)(F)F)cc2)c2c(c1C#N)CCO2. The second-order valence-electron chi connectivity index (χ2n) is 6.45. The monoisotopic (exact) mass is 402 g/mol. The molecule has 1 aliphatic rings. The van der Waals surface area contributed by atoms with Gasteiger partial charge >= 0.3 is 6.36 Å². The molecule has 0 spiro atoms. The molecular weight excluding hydrogens is 385 g/mol. The van der Waals surface area contributed by atoms with Crippen molar-refractivity contribution in [2.75, 3.05) is 13.7 Å². The third-order valence-corrected chi connectivity index (χ3v) is 4.53. The normalized spacial score (nSPS) is 12.5. The van der Waals surface area contributed by atoms with Crippen molar-refractivity contribution < 1.29 is 27.4 Å². The summed E-state index contributed by atoms with van der Waals surface area (Å²) >= 11 is 0. The van der Waals surface area contributed by atoms with Gasteiger partial charge in [0, 0.05) is 31.1 Å². The zero-order valence-corrected chi connectivity index (χ0v) is 15.5. The second kappa shape index (κ2) is 7.87. The number of rotatable bonds is 5. The lowest BCUT2D eigenvalue weighted by Gasteiger charge is -2.19. The van der Waals surface area contributed by atoms with Gasteiger partial charge in [-0.3, -0.25) is 4.79 Å². The average Bonchev–Trinajstić information content (AvgIpc) is 3.15. The first-order valence-corrected chi connectivity index (χ1v) is 8.69. The van der Waals surface area contributed by atoms with E-state index in [1.54, 1.807) is 13.1 Å². The van der Waals surface area contributed by atoms with Crippen LogP contribution in [-0.4, -0.2) is 30.8 Å². The summed E-state index contributed by atoms with van der Waals surface area (Å²) in [4.78, 5) is 13.3. The molecule has 0 fully saturated rings. The minimum atomic E-state index is -4.77. The third kappa shape index (κ3) is 4.35. The first-order valence-electron chi connectivity index (χ1n) is 8.69. The van der Waals surface area contributed by atoms with Crippen LogP contribution in [0.5, 0.6) is 11.5 Å². The maximum absolute atomic E-state index is 12.4. The summed E-state index contributed by atoms with van der Waals surface area (Å²) in [5.41, 5.74) is 3.06. The summed E-state index contributed by atoms with van der Waals surface area (Å²) in [5, 5.41) is 9.65. The van der Waals surface area contributed by atoms with Crippen LogP contribution >= 0.6 is 0 Å². The molecule has 0 aromatic heterocycles. The smallest absolute Gasteiger partial charge is 0.492 e. The fraction of sp³-hybridized carbons (Fsp3) is 0.238. The van der Waals surface area contributed by atoms with E-state index in [-0.39, 0.29) is 18.2 Å². The Kier molecular flexibility index (Phi) is 5.50. The number of nitrogens with zero attached hydrogens (tertiary/aromatic N) is 2. The molecular formula is C21H17F3N2O3. The summed E-state index contributed by atoms with van der Waals surface area (Å²) in [6, 6.07) is 9.34. The van der Waals surface area contributed by atoms with Crippen LogP contribution in [0.25, 0.3) is 11.1 Å². The molecule has 0 unspecified atom stereocenters.